The molecule has 0 aliphatic carbocycles. The van der Waals surface area contributed by atoms with Crippen molar-refractivity contribution in [3.8, 4) is 0 Å². The smallest absolute Gasteiger partial charge is 0.478 e. The summed E-state index contributed by atoms with van der Waals surface area (Å²) in [4.78, 5) is 26.6. The lowest BCUT2D eigenvalue weighted by Crippen LogP contribution is -2.23. The molecule has 1 aromatic rings. The van der Waals surface area contributed by atoms with Gasteiger partial charge in [0.15, 0.2) is 0 Å². The van der Waals surface area contributed by atoms with Crippen molar-refractivity contribution in [3.05, 3.63) is 34.9 Å². The fourth-order valence-corrected chi connectivity index (χ4v) is 2.52. The van der Waals surface area contributed by atoms with Gasteiger partial charge in [-0.05, 0) is 24.1 Å². The molecule has 2 N–H and O–H groups in total. The standard InChI is InChI=1S/C13H15BrN2O2.C2HF3O2/c1-16-7-6-15-12(16)10-2-3-11(13(17)18)9(8-10)4-5-14;3-2(4,5)1(6)7/h2-3,8H,4-7H2,1H3,(H,17,18);(H,6,7). The average molecular weight is 425 g/mol. The number of aryl methyl sites for hydroxylation is 1. The molecule has 1 aliphatic heterocycles. The molecule has 0 amide bonds. The van der Waals surface area contributed by atoms with Crippen LogP contribution in [-0.2, 0) is 11.2 Å². The van der Waals surface area contributed by atoms with E-state index < -0.39 is 18.1 Å². The quantitative estimate of drug-likeness (QED) is 0.725. The summed E-state index contributed by atoms with van der Waals surface area (Å²) in [5.74, 6) is -2.69. The van der Waals surface area contributed by atoms with Crippen molar-refractivity contribution in [3.63, 3.8) is 0 Å². The Bertz CT molecular complexity index is 677. The molecule has 25 heavy (non-hydrogen) atoms. The zero-order valence-corrected chi connectivity index (χ0v) is 14.8. The Morgan fingerprint density at radius 1 is 1.32 bits per heavy atom. The Balaban J connectivity index is 0.000000381. The van der Waals surface area contributed by atoms with E-state index in [1.807, 2.05) is 19.2 Å². The number of likely N-dealkylation sites (N-methyl/N-ethyl adjacent to an activating group) is 1. The van der Waals surface area contributed by atoms with Crippen LogP contribution >= 0.6 is 15.9 Å². The van der Waals surface area contributed by atoms with Gasteiger partial charge in [-0.3, -0.25) is 4.99 Å². The SMILES string of the molecule is CN1CCN=C1c1ccc(C(=O)O)c(CCBr)c1.O=C(O)C(F)(F)F. The fourth-order valence-electron chi connectivity index (χ4n) is 2.09. The first-order valence-electron chi connectivity index (χ1n) is 7.06. The van der Waals surface area contributed by atoms with E-state index in [2.05, 4.69) is 25.8 Å². The van der Waals surface area contributed by atoms with Crippen LogP contribution in [0.1, 0.15) is 21.5 Å². The van der Waals surface area contributed by atoms with Gasteiger partial charge in [-0.2, -0.15) is 13.2 Å². The van der Waals surface area contributed by atoms with Gasteiger partial charge < -0.3 is 15.1 Å². The molecule has 0 saturated carbocycles. The van der Waals surface area contributed by atoms with Crippen LogP contribution in [0.25, 0.3) is 0 Å². The normalized spacial score (nSPS) is 13.8. The lowest BCUT2D eigenvalue weighted by Gasteiger charge is -2.15. The van der Waals surface area contributed by atoms with E-state index in [-0.39, 0.29) is 0 Å². The maximum Gasteiger partial charge on any atom is 0.490 e. The van der Waals surface area contributed by atoms with Crippen molar-refractivity contribution in [1.29, 1.82) is 0 Å². The number of rotatable bonds is 4. The number of nitrogens with zero attached hydrogens (tertiary/aromatic N) is 2. The summed E-state index contributed by atoms with van der Waals surface area (Å²) in [7, 11) is 2.00. The van der Waals surface area contributed by atoms with Crippen LogP contribution in [0.5, 0.6) is 0 Å². The van der Waals surface area contributed by atoms with E-state index in [1.54, 1.807) is 6.07 Å². The molecule has 0 aromatic heterocycles. The van der Waals surface area contributed by atoms with Crippen molar-refractivity contribution in [1.82, 2.24) is 4.90 Å². The van der Waals surface area contributed by atoms with Gasteiger partial charge in [0, 0.05) is 24.5 Å². The van der Waals surface area contributed by atoms with E-state index in [0.717, 1.165) is 35.4 Å². The van der Waals surface area contributed by atoms with E-state index in [4.69, 9.17) is 15.0 Å². The van der Waals surface area contributed by atoms with E-state index in [9.17, 15) is 18.0 Å². The number of carboxylic acid groups (broad SMARTS) is 2. The molecule has 1 aliphatic rings. The molecule has 0 saturated heterocycles. The minimum atomic E-state index is -5.08. The number of hydrogen-bond donors (Lipinski definition) is 2. The summed E-state index contributed by atoms with van der Waals surface area (Å²) in [6.45, 7) is 1.73. The van der Waals surface area contributed by atoms with Crippen LogP contribution in [0, 0.1) is 0 Å². The summed E-state index contributed by atoms with van der Waals surface area (Å²) in [5, 5.41) is 17.0. The van der Waals surface area contributed by atoms with Crippen LogP contribution in [0.4, 0.5) is 13.2 Å². The predicted molar refractivity (Wildman–Crippen MR) is 88.6 cm³/mol. The molecule has 0 unspecified atom stereocenters. The third-order valence-electron chi connectivity index (χ3n) is 3.26. The van der Waals surface area contributed by atoms with E-state index in [0.29, 0.717) is 12.0 Å². The van der Waals surface area contributed by atoms with Crippen molar-refractivity contribution >= 4 is 33.7 Å². The zero-order chi connectivity index (χ0) is 19.2. The molecular formula is C15H16BrF3N2O4. The van der Waals surface area contributed by atoms with Crippen LogP contribution in [0.3, 0.4) is 0 Å². The first kappa shape index (κ1) is 20.9. The average Bonchev–Trinajstić information content (AvgIpc) is 2.93. The van der Waals surface area contributed by atoms with Gasteiger partial charge in [0.2, 0.25) is 0 Å². The van der Waals surface area contributed by atoms with Crippen molar-refractivity contribution < 1.29 is 33.0 Å². The molecule has 6 nitrogen and oxygen atoms in total. The molecule has 138 valence electrons. The Kier molecular flexibility index (Phi) is 7.40. The molecule has 2 rings (SSSR count). The minimum Gasteiger partial charge on any atom is -0.478 e. The summed E-state index contributed by atoms with van der Waals surface area (Å²) >= 11 is 3.36. The predicted octanol–water partition coefficient (Wildman–Crippen LogP) is 2.65. The Morgan fingerprint density at radius 3 is 2.32 bits per heavy atom. The largest absolute Gasteiger partial charge is 0.490 e. The highest BCUT2D eigenvalue weighted by Gasteiger charge is 2.38. The number of alkyl halides is 4. The topological polar surface area (TPSA) is 90.2 Å². The molecule has 10 heteroatoms. The van der Waals surface area contributed by atoms with E-state index >= 15 is 0 Å². The number of hydrogen-bond acceptors (Lipinski definition) is 4. The highest BCUT2D eigenvalue weighted by molar-refractivity contribution is 9.09. The van der Waals surface area contributed by atoms with Gasteiger partial charge in [0.25, 0.3) is 0 Å². The number of aromatic carboxylic acids is 1. The molecular weight excluding hydrogens is 409 g/mol. The molecule has 0 spiro atoms. The number of benzene rings is 1. The van der Waals surface area contributed by atoms with Crippen molar-refractivity contribution in [2.45, 2.75) is 12.6 Å². The number of amidine groups is 1. The van der Waals surface area contributed by atoms with Crippen molar-refractivity contribution in [2.75, 3.05) is 25.5 Å². The third kappa shape index (κ3) is 6.04. The van der Waals surface area contributed by atoms with E-state index in [1.165, 1.54) is 0 Å². The second kappa shape index (κ2) is 8.84. The Morgan fingerprint density at radius 2 is 1.92 bits per heavy atom. The summed E-state index contributed by atoms with van der Waals surface area (Å²) < 4.78 is 31.7. The van der Waals surface area contributed by atoms with Gasteiger partial charge in [-0.15, -0.1) is 0 Å². The van der Waals surface area contributed by atoms with Crippen molar-refractivity contribution in [2.24, 2.45) is 4.99 Å². The number of aliphatic carboxylic acids is 1. The number of carbonyl (C=O) groups is 2. The van der Waals surface area contributed by atoms with Crippen LogP contribution in [0.15, 0.2) is 23.2 Å². The molecule has 0 atom stereocenters. The second-order valence-corrected chi connectivity index (χ2v) is 5.84. The number of carboxylic acids is 2. The fraction of sp³-hybridized carbons (Fsp3) is 0.400. The third-order valence-corrected chi connectivity index (χ3v) is 3.66. The monoisotopic (exact) mass is 424 g/mol. The van der Waals surface area contributed by atoms with Gasteiger partial charge in [0.1, 0.15) is 5.84 Å². The molecule has 0 radical (unpaired) electrons. The minimum absolute atomic E-state index is 0.374. The molecule has 1 heterocycles. The lowest BCUT2D eigenvalue weighted by atomic mass is 10.0. The van der Waals surface area contributed by atoms with Gasteiger partial charge in [-0.1, -0.05) is 22.0 Å². The maximum absolute atomic E-state index is 11.1. The van der Waals surface area contributed by atoms with Gasteiger partial charge in [-0.25, -0.2) is 9.59 Å². The Hall–Kier alpha value is -2.10. The maximum atomic E-state index is 11.1. The zero-order valence-electron chi connectivity index (χ0n) is 13.2. The molecule has 0 bridgehead atoms. The first-order chi connectivity index (χ1) is 11.6. The Labute approximate surface area is 150 Å². The summed E-state index contributed by atoms with van der Waals surface area (Å²) in [5.41, 5.74) is 2.22. The highest BCUT2D eigenvalue weighted by atomic mass is 79.9. The lowest BCUT2D eigenvalue weighted by molar-refractivity contribution is -0.192. The summed E-state index contributed by atoms with van der Waals surface area (Å²) in [6.07, 6.45) is -4.38. The van der Waals surface area contributed by atoms with Crippen LogP contribution < -0.4 is 0 Å². The van der Waals surface area contributed by atoms with Crippen LogP contribution in [-0.4, -0.2) is 64.5 Å². The molecule has 0 fully saturated rings. The highest BCUT2D eigenvalue weighted by Crippen LogP contribution is 2.17. The summed E-state index contributed by atoms with van der Waals surface area (Å²) in [6, 6.07) is 5.44. The molecule has 1 aromatic carbocycles. The number of halogens is 4. The van der Waals surface area contributed by atoms with Crippen LogP contribution in [0.2, 0.25) is 0 Å². The first-order valence-corrected chi connectivity index (χ1v) is 8.18. The van der Waals surface area contributed by atoms with Gasteiger partial charge in [0.05, 0.1) is 12.1 Å². The second-order valence-electron chi connectivity index (χ2n) is 5.05. The van der Waals surface area contributed by atoms with Gasteiger partial charge >= 0.3 is 18.1 Å². The number of aliphatic imine (C=N–C) groups is 1.